The predicted molar refractivity (Wildman–Crippen MR) is 54.0 cm³/mol. The van der Waals surface area contributed by atoms with Gasteiger partial charge in [-0.15, -0.1) is 5.10 Å². The van der Waals surface area contributed by atoms with Crippen molar-refractivity contribution in [1.29, 1.82) is 0 Å². The van der Waals surface area contributed by atoms with Gasteiger partial charge >= 0.3 is 0 Å². The van der Waals surface area contributed by atoms with Crippen LogP contribution in [0.2, 0.25) is 0 Å². The molecule has 2 heterocycles. The van der Waals surface area contributed by atoms with Crippen LogP contribution in [0.25, 0.3) is 0 Å². The van der Waals surface area contributed by atoms with E-state index in [9.17, 15) is 0 Å². The maximum Gasteiger partial charge on any atom is 0.165 e. The summed E-state index contributed by atoms with van der Waals surface area (Å²) in [7, 11) is 0. The number of nitrogens with two attached hydrogens (primary N) is 1. The number of rotatable bonds is 4. The quantitative estimate of drug-likeness (QED) is 0.782. The van der Waals surface area contributed by atoms with Crippen molar-refractivity contribution in [3.63, 3.8) is 0 Å². The van der Waals surface area contributed by atoms with E-state index in [2.05, 4.69) is 10.3 Å². The average molecular weight is 212 g/mol. The van der Waals surface area contributed by atoms with Crippen LogP contribution in [-0.2, 0) is 16.0 Å². The molecule has 84 valence electrons. The van der Waals surface area contributed by atoms with Crippen molar-refractivity contribution in [2.75, 3.05) is 18.9 Å². The maximum atomic E-state index is 5.54. The Morgan fingerprint density at radius 3 is 3.20 bits per heavy atom. The van der Waals surface area contributed by atoms with E-state index in [1.807, 2.05) is 0 Å². The van der Waals surface area contributed by atoms with Gasteiger partial charge in [-0.3, -0.25) is 0 Å². The Morgan fingerprint density at radius 1 is 1.60 bits per heavy atom. The smallest absolute Gasteiger partial charge is 0.165 e. The predicted octanol–water partition coefficient (Wildman–Crippen LogP) is 0.403. The Kier molecular flexibility index (Phi) is 3.52. The topological polar surface area (TPSA) is 75.2 Å². The minimum atomic E-state index is -0.0420. The number of nitrogens with zero attached hydrogens (tertiary/aromatic N) is 3. The summed E-state index contributed by atoms with van der Waals surface area (Å²) in [5.74, 6) is 0.434. The standard InChI is InChI=1S/C9H16N4O2/c10-8-7-13(12-11-8)4-6-15-9-3-1-2-5-14-9/h7,9H,1-6,10H2. The first-order valence-corrected chi connectivity index (χ1v) is 5.23. The van der Waals surface area contributed by atoms with Crippen molar-refractivity contribution >= 4 is 5.82 Å². The fourth-order valence-electron chi connectivity index (χ4n) is 1.54. The third kappa shape index (κ3) is 3.17. The molecule has 1 aliphatic heterocycles. The van der Waals surface area contributed by atoms with Crippen LogP contribution in [0.5, 0.6) is 0 Å². The van der Waals surface area contributed by atoms with Crippen LogP contribution in [0.1, 0.15) is 19.3 Å². The molecule has 2 rings (SSSR count). The van der Waals surface area contributed by atoms with Crippen LogP contribution in [0.15, 0.2) is 6.20 Å². The highest BCUT2D eigenvalue weighted by Crippen LogP contribution is 2.13. The lowest BCUT2D eigenvalue weighted by atomic mass is 10.2. The van der Waals surface area contributed by atoms with E-state index in [0.717, 1.165) is 19.4 Å². The van der Waals surface area contributed by atoms with Gasteiger partial charge in [-0.25, -0.2) is 4.68 Å². The summed E-state index contributed by atoms with van der Waals surface area (Å²) in [6.45, 7) is 2.04. The van der Waals surface area contributed by atoms with Crippen molar-refractivity contribution in [1.82, 2.24) is 15.0 Å². The second kappa shape index (κ2) is 5.09. The lowest BCUT2D eigenvalue weighted by Crippen LogP contribution is -2.24. The van der Waals surface area contributed by atoms with Gasteiger partial charge in [0, 0.05) is 6.61 Å². The van der Waals surface area contributed by atoms with Crippen LogP contribution >= 0.6 is 0 Å². The average Bonchev–Trinajstić information content (AvgIpc) is 2.66. The molecule has 6 nitrogen and oxygen atoms in total. The number of hydrogen-bond acceptors (Lipinski definition) is 5. The highest BCUT2D eigenvalue weighted by molar-refractivity contribution is 5.19. The number of hydrogen-bond donors (Lipinski definition) is 1. The summed E-state index contributed by atoms with van der Waals surface area (Å²) in [6.07, 6.45) is 4.95. The highest BCUT2D eigenvalue weighted by Gasteiger charge is 2.13. The first-order valence-electron chi connectivity index (χ1n) is 5.23. The van der Waals surface area contributed by atoms with E-state index in [-0.39, 0.29) is 6.29 Å². The van der Waals surface area contributed by atoms with Crippen molar-refractivity contribution in [2.45, 2.75) is 32.1 Å². The van der Waals surface area contributed by atoms with Gasteiger partial charge < -0.3 is 15.2 Å². The van der Waals surface area contributed by atoms with Crippen LogP contribution in [0, 0.1) is 0 Å². The van der Waals surface area contributed by atoms with Gasteiger partial charge in [0.15, 0.2) is 12.1 Å². The first-order chi connectivity index (χ1) is 7.34. The molecular weight excluding hydrogens is 196 g/mol. The molecule has 2 N–H and O–H groups in total. The van der Waals surface area contributed by atoms with Gasteiger partial charge in [0.05, 0.1) is 19.3 Å². The van der Waals surface area contributed by atoms with Crippen LogP contribution < -0.4 is 5.73 Å². The third-order valence-electron chi connectivity index (χ3n) is 2.32. The molecule has 1 aromatic heterocycles. The van der Waals surface area contributed by atoms with Crippen LogP contribution in [0.3, 0.4) is 0 Å². The highest BCUT2D eigenvalue weighted by atomic mass is 16.7. The van der Waals surface area contributed by atoms with E-state index in [4.69, 9.17) is 15.2 Å². The summed E-state index contributed by atoms with van der Waals surface area (Å²) in [5, 5.41) is 7.51. The third-order valence-corrected chi connectivity index (χ3v) is 2.32. The van der Waals surface area contributed by atoms with Gasteiger partial charge in [0.2, 0.25) is 0 Å². The Bertz CT molecular complexity index is 296. The molecular formula is C9H16N4O2. The summed E-state index contributed by atoms with van der Waals surface area (Å²) >= 11 is 0. The molecule has 1 aliphatic rings. The fourth-order valence-corrected chi connectivity index (χ4v) is 1.54. The Labute approximate surface area is 88.3 Å². The zero-order valence-electron chi connectivity index (χ0n) is 8.63. The molecule has 0 bridgehead atoms. The molecule has 1 aromatic rings. The molecule has 1 atom stereocenters. The lowest BCUT2D eigenvalue weighted by molar-refractivity contribution is -0.163. The van der Waals surface area contributed by atoms with Gasteiger partial charge in [0.1, 0.15) is 0 Å². The Hall–Kier alpha value is -1.14. The van der Waals surface area contributed by atoms with Crippen molar-refractivity contribution < 1.29 is 9.47 Å². The van der Waals surface area contributed by atoms with Gasteiger partial charge in [-0.2, -0.15) is 0 Å². The zero-order valence-corrected chi connectivity index (χ0v) is 8.63. The SMILES string of the molecule is Nc1cn(CCOC2CCCCO2)nn1. The molecule has 0 saturated carbocycles. The van der Waals surface area contributed by atoms with Gasteiger partial charge in [-0.1, -0.05) is 5.21 Å². The minimum absolute atomic E-state index is 0.0420. The van der Waals surface area contributed by atoms with Gasteiger partial charge in [-0.05, 0) is 19.3 Å². The largest absolute Gasteiger partial charge is 0.381 e. The van der Waals surface area contributed by atoms with Crippen molar-refractivity contribution in [2.24, 2.45) is 0 Å². The minimum Gasteiger partial charge on any atom is -0.381 e. The summed E-state index contributed by atoms with van der Waals surface area (Å²) < 4.78 is 12.6. The molecule has 6 heteroatoms. The van der Waals surface area contributed by atoms with E-state index >= 15 is 0 Å². The van der Waals surface area contributed by atoms with Gasteiger partial charge in [0.25, 0.3) is 0 Å². The molecule has 15 heavy (non-hydrogen) atoms. The summed E-state index contributed by atoms with van der Waals surface area (Å²) in [5.41, 5.74) is 5.43. The summed E-state index contributed by atoms with van der Waals surface area (Å²) in [6, 6.07) is 0. The molecule has 0 aliphatic carbocycles. The second-order valence-electron chi connectivity index (χ2n) is 3.57. The molecule has 0 radical (unpaired) electrons. The van der Waals surface area contributed by atoms with Crippen LogP contribution in [-0.4, -0.2) is 34.5 Å². The Morgan fingerprint density at radius 2 is 2.53 bits per heavy atom. The first kappa shape index (κ1) is 10.4. The van der Waals surface area contributed by atoms with E-state index in [1.54, 1.807) is 10.9 Å². The molecule has 0 spiro atoms. The Balaban J connectivity index is 1.65. The maximum absolute atomic E-state index is 5.54. The van der Waals surface area contributed by atoms with Crippen molar-refractivity contribution in [3.8, 4) is 0 Å². The van der Waals surface area contributed by atoms with E-state index < -0.39 is 0 Å². The fraction of sp³-hybridized carbons (Fsp3) is 0.778. The van der Waals surface area contributed by atoms with Crippen molar-refractivity contribution in [3.05, 3.63) is 6.20 Å². The number of anilines is 1. The molecule has 1 fully saturated rings. The van der Waals surface area contributed by atoms with Crippen LogP contribution in [0.4, 0.5) is 5.82 Å². The number of ether oxygens (including phenoxy) is 2. The molecule has 1 saturated heterocycles. The molecule has 0 amide bonds. The normalized spacial score (nSPS) is 21.7. The zero-order chi connectivity index (χ0) is 10.5. The monoisotopic (exact) mass is 212 g/mol. The second-order valence-corrected chi connectivity index (χ2v) is 3.57. The molecule has 0 aromatic carbocycles. The lowest BCUT2D eigenvalue weighted by Gasteiger charge is -2.22. The van der Waals surface area contributed by atoms with E-state index in [1.165, 1.54) is 6.42 Å². The van der Waals surface area contributed by atoms with E-state index in [0.29, 0.717) is 19.0 Å². The summed E-state index contributed by atoms with van der Waals surface area (Å²) in [4.78, 5) is 0. The number of nitrogen functional groups attached to an aromatic ring is 1. The number of aromatic nitrogens is 3. The molecule has 1 unspecified atom stereocenters.